The number of hydrogen-bond acceptors (Lipinski definition) is 6. The van der Waals surface area contributed by atoms with Crippen molar-refractivity contribution in [2.45, 2.75) is 26.2 Å². The van der Waals surface area contributed by atoms with Gasteiger partial charge in [-0.25, -0.2) is 4.98 Å². The zero-order valence-electron chi connectivity index (χ0n) is 17.5. The largest absolute Gasteiger partial charge is 0.417 e. The third-order valence-electron chi connectivity index (χ3n) is 5.05. The number of pyridine rings is 2. The zero-order chi connectivity index (χ0) is 23.6. The Morgan fingerprint density at radius 1 is 1.00 bits per heavy atom. The fourth-order valence-corrected chi connectivity index (χ4v) is 3.30. The van der Waals surface area contributed by atoms with Crippen molar-refractivity contribution >= 4 is 22.6 Å². The van der Waals surface area contributed by atoms with Crippen molar-refractivity contribution in [3.63, 3.8) is 0 Å². The lowest BCUT2D eigenvalue weighted by Crippen LogP contribution is -2.31. The molecule has 0 saturated carbocycles. The number of carbonyl (C=O) groups excluding carboxylic acids is 1. The van der Waals surface area contributed by atoms with Crippen molar-refractivity contribution in [2.24, 2.45) is 0 Å². The number of benzene rings is 1. The van der Waals surface area contributed by atoms with Gasteiger partial charge in [0.1, 0.15) is 5.82 Å². The molecule has 33 heavy (non-hydrogen) atoms. The van der Waals surface area contributed by atoms with Crippen molar-refractivity contribution < 1.29 is 18.0 Å². The van der Waals surface area contributed by atoms with E-state index in [9.17, 15) is 18.0 Å². The van der Waals surface area contributed by atoms with Crippen LogP contribution in [0, 0.1) is 6.92 Å². The Morgan fingerprint density at radius 2 is 1.79 bits per heavy atom. The highest BCUT2D eigenvalue weighted by molar-refractivity contribution is 5.98. The van der Waals surface area contributed by atoms with Crippen molar-refractivity contribution in [1.29, 1.82) is 0 Å². The lowest BCUT2D eigenvalue weighted by atomic mass is 10.1. The summed E-state index contributed by atoms with van der Waals surface area (Å²) in [6.45, 7) is 1.92. The molecule has 0 fully saturated rings. The average Bonchev–Trinajstić information content (AvgIpc) is 2.79. The number of aromatic nitrogens is 4. The predicted octanol–water partition coefficient (Wildman–Crippen LogP) is 4.17. The monoisotopic (exact) mass is 452 g/mol. The van der Waals surface area contributed by atoms with E-state index < -0.39 is 11.7 Å². The van der Waals surface area contributed by atoms with Gasteiger partial charge in [0, 0.05) is 29.5 Å². The third-order valence-corrected chi connectivity index (χ3v) is 5.05. The Balaban J connectivity index is 1.66. The van der Waals surface area contributed by atoms with E-state index in [0.717, 1.165) is 23.2 Å². The van der Waals surface area contributed by atoms with Crippen molar-refractivity contribution in [3.8, 4) is 0 Å². The summed E-state index contributed by atoms with van der Waals surface area (Å²) in [5.41, 5.74) is 7.69. The minimum absolute atomic E-state index is 0.00933. The summed E-state index contributed by atoms with van der Waals surface area (Å²) < 4.78 is 38.6. The fraction of sp³-hybridized carbons (Fsp3) is 0.174. The SMILES string of the molecule is Cc1cc2cc(C(=O)N(Cc3ccc(C(F)(F)F)cn3)Cc3cnccn3)ccc2nc1N. The van der Waals surface area contributed by atoms with E-state index in [0.29, 0.717) is 28.3 Å². The van der Waals surface area contributed by atoms with Gasteiger partial charge in [0.15, 0.2) is 0 Å². The highest BCUT2D eigenvalue weighted by Crippen LogP contribution is 2.28. The Labute approximate surface area is 187 Å². The van der Waals surface area contributed by atoms with Crippen molar-refractivity contribution in [3.05, 3.63) is 89.3 Å². The van der Waals surface area contributed by atoms with E-state index >= 15 is 0 Å². The van der Waals surface area contributed by atoms with Gasteiger partial charge in [0.05, 0.1) is 41.8 Å². The first-order valence-electron chi connectivity index (χ1n) is 9.94. The molecular weight excluding hydrogens is 433 g/mol. The van der Waals surface area contributed by atoms with Gasteiger partial charge in [-0.3, -0.25) is 19.7 Å². The molecule has 0 aliphatic carbocycles. The average molecular weight is 452 g/mol. The van der Waals surface area contributed by atoms with Crippen LogP contribution < -0.4 is 5.73 Å². The van der Waals surface area contributed by atoms with E-state index in [4.69, 9.17) is 5.73 Å². The first-order chi connectivity index (χ1) is 15.7. The van der Waals surface area contributed by atoms with Crippen LogP contribution in [-0.2, 0) is 19.3 Å². The summed E-state index contributed by atoms with van der Waals surface area (Å²) >= 11 is 0. The number of nitrogens with zero attached hydrogens (tertiary/aromatic N) is 5. The van der Waals surface area contributed by atoms with Crippen molar-refractivity contribution in [2.75, 3.05) is 5.73 Å². The van der Waals surface area contributed by atoms with Crippen LogP contribution in [0.3, 0.4) is 0 Å². The quantitative estimate of drug-likeness (QED) is 0.488. The molecular formula is C23H19F3N6O. The Bertz CT molecular complexity index is 1290. The fourth-order valence-electron chi connectivity index (χ4n) is 3.30. The van der Waals surface area contributed by atoms with E-state index in [2.05, 4.69) is 19.9 Å². The molecule has 2 N–H and O–H groups in total. The number of nitrogens with two attached hydrogens (primary N) is 1. The highest BCUT2D eigenvalue weighted by Gasteiger charge is 2.30. The summed E-state index contributed by atoms with van der Waals surface area (Å²) in [5.74, 6) is 0.0814. The van der Waals surface area contributed by atoms with Crippen LogP contribution >= 0.6 is 0 Å². The molecule has 7 nitrogen and oxygen atoms in total. The number of amides is 1. The maximum atomic E-state index is 13.4. The first-order valence-corrected chi connectivity index (χ1v) is 9.94. The normalized spacial score (nSPS) is 11.5. The summed E-state index contributed by atoms with van der Waals surface area (Å²) in [5, 5.41) is 0.750. The molecule has 10 heteroatoms. The summed E-state index contributed by atoms with van der Waals surface area (Å²) in [6, 6.07) is 9.10. The number of rotatable bonds is 5. The molecule has 3 aromatic heterocycles. The molecule has 3 heterocycles. The molecule has 1 aromatic carbocycles. The van der Waals surface area contributed by atoms with Crippen molar-refractivity contribution in [1.82, 2.24) is 24.8 Å². The number of hydrogen-bond donors (Lipinski definition) is 1. The van der Waals surface area contributed by atoms with Gasteiger partial charge in [-0.1, -0.05) is 0 Å². The molecule has 0 aliphatic heterocycles. The maximum absolute atomic E-state index is 13.4. The molecule has 4 rings (SSSR count). The number of alkyl halides is 3. The lowest BCUT2D eigenvalue weighted by molar-refractivity contribution is -0.137. The molecule has 0 aliphatic rings. The van der Waals surface area contributed by atoms with Gasteiger partial charge in [0.25, 0.3) is 5.91 Å². The second-order valence-electron chi connectivity index (χ2n) is 7.49. The summed E-state index contributed by atoms with van der Waals surface area (Å²) in [7, 11) is 0. The summed E-state index contributed by atoms with van der Waals surface area (Å²) in [6.07, 6.45) is 0.814. The van der Waals surface area contributed by atoms with Crippen LogP contribution in [0.15, 0.2) is 61.2 Å². The van der Waals surface area contributed by atoms with Gasteiger partial charge in [-0.05, 0) is 48.9 Å². The Hall–Kier alpha value is -4.08. The lowest BCUT2D eigenvalue weighted by Gasteiger charge is -2.22. The molecule has 0 atom stereocenters. The molecule has 0 unspecified atom stereocenters. The topological polar surface area (TPSA) is 97.9 Å². The number of carbonyl (C=O) groups is 1. The maximum Gasteiger partial charge on any atom is 0.417 e. The van der Waals surface area contributed by atoms with E-state index in [1.54, 1.807) is 18.2 Å². The minimum Gasteiger partial charge on any atom is -0.383 e. The van der Waals surface area contributed by atoms with Gasteiger partial charge in [-0.15, -0.1) is 0 Å². The van der Waals surface area contributed by atoms with Crippen LogP contribution in [0.1, 0.15) is 32.9 Å². The van der Waals surface area contributed by atoms with Gasteiger partial charge in [0.2, 0.25) is 0 Å². The molecule has 0 saturated heterocycles. The van der Waals surface area contributed by atoms with E-state index in [1.165, 1.54) is 29.6 Å². The van der Waals surface area contributed by atoms with Gasteiger partial charge < -0.3 is 10.6 Å². The molecule has 0 bridgehead atoms. The Kier molecular flexibility index (Phi) is 5.91. The van der Waals surface area contributed by atoms with Crippen LogP contribution in [0.2, 0.25) is 0 Å². The number of anilines is 1. The standard InChI is InChI=1S/C23H19F3N6O/c1-14-8-16-9-15(2-5-20(16)31-21(14)27)22(33)32(13-19-11-28-6-7-29-19)12-18-4-3-17(10-30-18)23(24,25)26/h2-11H,12-13H2,1H3,(H2,27,31). The predicted molar refractivity (Wildman–Crippen MR) is 116 cm³/mol. The van der Waals surface area contributed by atoms with Crippen LogP contribution in [0.5, 0.6) is 0 Å². The van der Waals surface area contributed by atoms with E-state index in [-0.39, 0.29) is 19.0 Å². The molecule has 1 amide bonds. The van der Waals surface area contributed by atoms with E-state index in [1.807, 2.05) is 13.0 Å². The third kappa shape index (κ3) is 5.05. The second kappa shape index (κ2) is 8.81. The minimum atomic E-state index is -4.48. The van der Waals surface area contributed by atoms with Crippen LogP contribution in [-0.4, -0.2) is 30.7 Å². The number of nitrogen functional groups attached to an aromatic ring is 1. The first kappa shape index (κ1) is 22.1. The highest BCUT2D eigenvalue weighted by atomic mass is 19.4. The number of fused-ring (bicyclic) bond motifs is 1. The Morgan fingerprint density at radius 3 is 2.45 bits per heavy atom. The molecule has 0 radical (unpaired) electrons. The second-order valence-corrected chi connectivity index (χ2v) is 7.49. The molecule has 168 valence electrons. The molecule has 0 spiro atoms. The summed E-state index contributed by atoms with van der Waals surface area (Å²) in [4.78, 5) is 31.3. The number of aryl methyl sites for hydroxylation is 1. The molecule has 4 aromatic rings. The van der Waals surface area contributed by atoms with Gasteiger partial charge in [-0.2, -0.15) is 13.2 Å². The van der Waals surface area contributed by atoms with Crippen LogP contribution in [0.4, 0.5) is 19.0 Å². The van der Waals surface area contributed by atoms with Crippen LogP contribution in [0.25, 0.3) is 10.9 Å². The number of halogens is 3. The van der Waals surface area contributed by atoms with Gasteiger partial charge >= 0.3 is 6.18 Å². The zero-order valence-corrected chi connectivity index (χ0v) is 17.5. The smallest absolute Gasteiger partial charge is 0.383 e.